The van der Waals surface area contributed by atoms with Gasteiger partial charge in [-0.05, 0) is 35.0 Å². The van der Waals surface area contributed by atoms with Gasteiger partial charge in [-0.25, -0.2) is 9.97 Å². The number of nitrogens with zero attached hydrogens (tertiary/aromatic N) is 2. The largest absolute Gasteiger partial charge is 0.490 e. The van der Waals surface area contributed by atoms with Crippen LogP contribution in [0.4, 0.5) is 17.3 Å². The third kappa shape index (κ3) is 3.13. The first-order valence-corrected chi connectivity index (χ1v) is 7.18. The van der Waals surface area contributed by atoms with Crippen LogP contribution < -0.4 is 15.4 Å². The molecule has 0 unspecified atom stereocenters. The molecule has 1 aromatic carbocycles. The maximum Gasteiger partial charge on any atom is 0.204 e. The summed E-state index contributed by atoms with van der Waals surface area (Å²) in [5, 5.41) is 6.93. The van der Waals surface area contributed by atoms with Gasteiger partial charge in [0.05, 0.1) is 22.3 Å². The molecule has 0 saturated carbocycles. The molecule has 2 N–H and O–H groups in total. The highest BCUT2D eigenvalue weighted by atomic mass is 79.9. The zero-order chi connectivity index (χ0) is 14.5. The number of hydrogen-bond donors (Lipinski definition) is 2. The summed E-state index contributed by atoms with van der Waals surface area (Å²) in [5.41, 5.74) is 0.803. The van der Waals surface area contributed by atoms with E-state index in [0.29, 0.717) is 22.4 Å². The van der Waals surface area contributed by atoms with Crippen molar-refractivity contribution in [2.45, 2.75) is 6.92 Å². The smallest absolute Gasteiger partial charge is 0.204 e. The fourth-order valence-electron chi connectivity index (χ4n) is 1.68. The van der Waals surface area contributed by atoms with E-state index in [-0.39, 0.29) is 0 Å². The van der Waals surface area contributed by atoms with Gasteiger partial charge in [0.15, 0.2) is 11.6 Å². The van der Waals surface area contributed by atoms with E-state index in [1.807, 2.05) is 19.1 Å². The molecule has 7 heteroatoms. The molecule has 0 atom stereocenters. The summed E-state index contributed by atoms with van der Waals surface area (Å²) < 4.78 is 6.14. The molecule has 2 aromatic rings. The Kier molecular flexibility index (Phi) is 5.03. The number of aromatic nitrogens is 2. The molecule has 106 valence electrons. The fourth-order valence-corrected chi connectivity index (χ4v) is 2.22. The van der Waals surface area contributed by atoms with Crippen molar-refractivity contribution in [2.75, 3.05) is 24.3 Å². The molecule has 20 heavy (non-hydrogen) atoms. The minimum absolute atomic E-state index is 0.557. The van der Waals surface area contributed by atoms with E-state index < -0.39 is 0 Å². The number of hydrogen-bond acceptors (Lipinski definition) is 5. The van der Waals surface area contributed by atoms with Crippen molar-refractivity contribution in [1.82, 2.24) is 9.97 Å². The molecule has 0 radical (unpaired) electrons. The zero-order valence-corrected chi connectivity index (χ0v) is 13.4. The van der Waals surface area contributed by atoms with E-state index in [2.05, 4.69) is 36.5 Å². The minimum Gasteiger partial charge on any atom is -0.490 e. The Labute approximate surface area is 130 Å². The second kappa shape index (κ2) is 6.76. The number of rotatable bonds is 5. The molecule has 5 nitrogen and oxygen atoms in total. The van der Waals surface area contributed by atoms with Gasteiger partial charge in [0.2, 0.25) is 5.75 Å². The third-order valence-electron chi connectivity index (χ3n) is 2.56. The molecule has 0 saturated heterocycles. The van der Waals surface area contributed by atoms with Crippen LogP contribution in [0.1, 0.15) is 6.92 Å². The average Bonchev–Trinajstić information content (AvgIpc) is 2.44. The van der Waals surface area contributed by atoms with Gasteiger partial charge in [-0.15, -0.1) is 0 Å². The van der Waals surface area contributed by atoms with Gasteiger partial charge in [0.1, 0.15) is 6.33 Å². The van der Waals surface area contributed by atoms with Gasteiger partial charge < -0.3 is 15.4 Å². The number of ether oxygens (including phenoxy) is 1. The highest BCUT2D eigenvalue weighted by Crippen LogP contribution is 2.36. The normalized spacial score (nSPS) is 10.2. The van der Waals surface area contributed by atoms with E-state index >= 15 is 0 Å². The number of nitrogens with one attached hydrogen (secondary N) is 2. The summed E-state index contributed by atoms with van der Waals surface area (Å²) in [6.07, 6.45) is 1.47. The average molecular weight is 358 g/mol. The van der Waals surface area contributed by atoms with Crippen LogP contribution in [0.15, 0.2) is 29.0 Å². The molecule has 2 rings (SSSR count). The van der Waals surface area contributed by atoms with E-state index in [4.69, 9.17) is 16.3 Å². The lowest BCUT2D eigenvalue weighted by Gasteiger charge is -2.14. The van der Waals surface area contributed by atoms with Crippen LogP contribution in [0, 0.1) is 0 Å². The number of halogens is 2. The van der Waals surface area contributed by atoms with Crippen molar-refractivity contribution in [3.63, 3.8) is 0 Å². The molecule has 0 aliphatic heterocycles. The van der Waals surface area contributed by atoms with Crippen LogP contribution in [0.2, 0.25) is 5.02 Å². The molecule has 0 amide bonds. The Morgan fingerprint density at radius 3 is 2.75 bits per heavy atom. The molecule has 0 fully saturated rings. The molecule has 1 aromatic heterocycles. The predicted octanol–water partition coefficient (Wildman–Crippen LogP) is 4.08. The van der Waals surface area contributed by atoms with Crippen LogP contribution >= 0.6 is 27.5 Å². The molecular weight excluding hydrogens is 344 g/mol. The van der Waals surface area contributed by atoms with Crippen LogP contribution in [-0.2, 0) is 0 Å². The summed E-state index contributed by atoms with van der Waals surface area (Å²) in [6, 6.07) is 5.55. The minimum atomic E-state index is 0.557. The van der Waals surface area contributed by atoms with E-state index in [9.17, 15) is 0 Å². The van der Waals surface area contributed by atoms with Gasteiger partial charge in [-0.3, -0.25) is 0 Å². The van der Waals surface area contributed by atoms with Gasteiger partial charge in [-0.1, -0.05) is 17.7 Å². The Morgan fingerprint density at radius 2 is 2.05 bits per heavy atom. The van der Waals surface area contributed by atoms with Crippen molar-refractivity contribution in [3.8, 4) is 5.75 Å². The zero-order valence-electron chi connectivity index (χ0n) is 11.1. The SMILES string of the molecule is CCNc1ncnc(Nc2cccc(Cl)c2Br)c1OC. The summed E-state index contributed by atoms with van der Waals surface area (Å²) in [5.74, 6) is 1.77. The maximum atomic E-state index is 6.07. The first-order chi connectivity index (χ1) is 9.67. The van der Waals surface area contributed by atoms with Gasteiger partial charge in [-0.2, -0.15) is 0 Å². The second-order valence-corrected chi connectivity index (χ2v) is 5.06. The summed E-state index contributed by atoms with van der Waals surface area (Å²) in [7, 11) is 1.58. The van der Waals surface area contributed by atoms with Crippen molar-refractivity contribution in [3.05, 3.63) is 34.0 Å². The van der Waals surface area contributed by atoms with Gasteiger partial charge in [0.25, 0.3) is 0 Å². The molecule has 0 bridgehead atoms. The third-order valence-corrected chi connectivity index (χ3v) is 3.95. The Morgan fingerprint density at radius 1 is 1.30 bits per heavy atom. The van der Waals surface area contributed by atoms with E-state index in [1.54, 1.807) is 13.2 Å². The lowest BCUT2D eigenvalue weighted by Crippen LogP contribution is -2.06. The van der Waals surface area contributed by atoms with Crippen molar-refractivity contribution < 1.29 is 4.74 Å². The Balaban J connectivity index is 2.38. The van der Waals surface area contributed by atoms with Crippen LogP contribution in [0.3, 0.4) is 0 Å². The summed E-state index contributed by atoms with van der Waals surface area (Å²) >= 11 is 9.51. The predicted molar refractivity (Wildman–Crippen MR) is 85.2 cm³/mol. The standard InChI is InChI=1S/C13H14BrClN4O/c1-3-16-12-11(20-2)13(18-7-17-12)19-9-6-4-5-8(15)10(9)14/h4-7H,3H2,1-2H3,(H2,16,17,18,19). The number of anilines is 3. The first-order valence-electron chi connectivity index (χ1n) is 6.01. The molecule has 1 heterocycles. The van der Waals surface area contributed by atoms with Crippen molar-refractivity contribution in [1.29, 1.82) is 0 Å². The first kappa shape index (κ1) is 14.9. The van der Waals surface area contributed by atoms with Crippen molar-refractivity contribution in [2.24, 2.45) is 0 Å². The molecule has 0 spiro atoms. The molecular formula is C13H14BrClN4O. The Hall–Kier alpha value is -1.53. The van der Waals surface area contributed by atoms with Crippen molar-refractivity contribution >= 4 is 44.9 Å². The van der Waals surface area contributed by atoms with Crippen LogP contribution in [-0.4, -0.2) is 23.6 Å². The van der Waals surface area contributed by atoms with Gasteiger partial charge >= 0.3 is 0 Å². The van der Waals surface area contributed by atoms with E-state index in [1.165, 1.54) is 6.33 Å². The molecule has 0 aliphatic carbocycles. The van der Waals surface area contributed by atoms with Crippen LogP contribution in [0.5, 0.6) is 5.75 Å². The molecule has 0 aliphatic rings. The summed E-state index contributed by atoms with van der Waals surface area (Å²) in [6.45, 7) is 2.73. The van der Waals surface area contributed by atoms with E-state index in [0.717, 1.165) is 16.7 Å². The Bertz CT molecular complexity index is 609. The topological polar surface area (TPSA) is 59.1 Å². The highest BCUT2D eigenvalue weighted by Gasteiger charge is 2.13. The second-order valence-electron chi connectivity index (χ2n) is 3.86. The monoisotopic (exact) mass is 356 g/mol. The lowest BCUT2D eigenvalue weighted by molar-refractivity contribution is 0.415. The fraction of sp³-hybridized carbons (Fsp3) is 0.231. The maximum absolute atomic E-state index is 6.07. The summed E-state index contributed by atoms with van der Waals surface area (Å²) in [4.78, 5) is 8.36. The van der Waals surface area contributed by atoms with Crippen LogP contribution in [0.25, 0.3) is 0 Å². The number of methoxy groups -OCH3 is 1. The quantitative estimate of drug-likeness (QED) is 0.844. The highest BCUT2D eigenvalue weighted by molar-refractivity contribution is 9.10. The number of benzene rings is 1. The van der Waals surface area contributed by atoms with Gasteiger partial charge in [0, 0.05) is 6.54 Å². The lowest BCUT2D eigenvalue weighted by atomic mass is 10.3.